The molecule has 3 heteroatoms. The molecule has 0 aromatic carbocycles. The van der Waals surface area contributed by atoms with E-state index in [4.69, 9.17) is 0 Å². The van der Waals surface area contributed by atoms with Crippen molar-refractivity contribution in [3.63, 3.8) is 0 Å². The lowest BCUT2D eigenvalue weighted by Crippen LogP contribution is -2.23. The Hall–Kier alpha value is 0.140. The fourth-order valence-corrected chi connectivity index (χ4v) is 3.44. The van der Waals surface area contributed by atoms with E-state index in [2.05, 4.69) is 32.3 Å². The van der Waals surface area contributed by atoms with Gasteiger partial charge in [-0.1, -0.05) is 12.8 Å². The standard InChI is InChI=1S/C11H16BrNS/c12-10-7-11(14-9-10)8-13-5-3-1-2-4-6-13/h7,9H,1-6,8H2. The first-order chi connectivity index (χ1) is 6.84. The Kier molecular flexibility index (Phi) is 4.02. The molecule has 1 aliphatic rings. The van der Waals surface area contributed by atoms with Gasteiger partial charge < -0.3 is 0 Å². The van der Waals surface area contributed by atoms with Gasteiger partial charge in [0.25, 0.3) is 0 Å². The molecule has 0 radical (unpaired) electrons. The summed E-state index contributed by atoms with van der Waals surface area (Å²) in [7, 11) is 0. The molecule has 0 bridgehead atoms. The SMILES string of the molecule is Brc1csc(CN2CCCCCC2)c1. The highest BCUT2D eigenvalue weighted by molar-refractivity contribution is 9.10. The number of hydrogen-bond donors (Lipinski definition) is 0. The number of nitrogens with zero attached hydrogens (tertiary/aromatic N) is 1. The Morgan fingerprint density at radius 2 is 1.93 bits per heavy atom. The number of halogens is 1. The third-order valence-electron chi connectivity index (χ3n) is 2.70. The van der Waals surface area contributed by atoms with Crippen LogP contribution in [0, 0.1) is 0 Å². The predicted octanol–water partition coefficient (Wildman–Crippen LogP) is 3.89. The van der Waals surface area contributed by atoms with Crippen LogP contribution in [0.5, 0.6) is 0 Å². The van der Waals surface area contributed by atoms with Gasteiger partial charge >= 0.3 is 0 Å². The topological polar surface area (TPSA) is 3.24 Å². The van der Waals surface area contributed by atoms with Gasteiger partial charge in [0, 0.05) is 21.3 Å². The van der Waals surface area contributed by atoms with E-state index < -0.39 is 0 Å². The second kappa shape index (κ2) is 5.29. The second-order valence-electron chi connectivity index (χ2n) is 3.92. The van der Waals surface area contributed by atoms with Crippen molar-refractivity contribution in [2.75, 3.05) is 13.1 Å². The van der Waals surface area contributed by atoms with Crippen LogP contribution in [0.2, 0.25) is 0 Å². The Bertz CT molecular complexity index is 277. The van der Waals surface area contributed by atoms with Gasteiger partial charge in [0.15, 0.2) is 0 Å². The van der Waals surface area contributed by atoms with Gasteiger partial charge in [-0.2, -0.15) is 0 Å². The molecule has 0 unspecified atom stereocenters. The summed E-state index contributed by atoms with van der Waals surface area (Å²) in [5, 5.41) is 2.17. The zero-order valence-corrected chi connectivity index (χ0v) is 10.7. The summed E-state index contributed by atoms with van der Waals surface area (Å²) < 4.78 is 1.23. The molecule has 1 fully saturated rings. The normalized spacial score (nSPS) is 19.5. The van der Waals surface area contributed by atoms with Crippen molar-refractivity contribution in [1.82, 2.24) is 4.90 Å². The smallest absolute Gasteiger partial charge is 0.0328 e. The minimum Gasteiger partial charge on any atom is -0.298 e. The Morgan fingerprint density at radius 3 is 2.50 bits per heavy atom. The Morgan fingerprint density at radius 1 is 1.21 bits per heavy atom. The summed E-state index contributed by atoms with van der Waals surface area (Å²) in [5.41, 5.74) is 0. The van der Waals surface area contributed by atoms with E-state index >= 15 is 0 Å². The van der Waals surface area contributed by atoms with Crippen molar-refractivity contribution >= 4 is 27.3 Å². The molecule has 1 aliphatic heterocycles. The Balaban J connectivity index is 1.89. The first kappa shape index (κ1) is 10.7. The number of hydrogen-bond acceptors (Lipinski definition) is 2. The summed E-state index contributed by atoms with van der Waals surface area (Å²) in [5.74, 6) is 0. The van der Waals surface area contributed by atoms with E-state index in [9.17, 15) is 0 Å². The largest absolute Gasteiger partial charge is 0.298 e. The molecule has 0 aliphatic carbocycles. The minimum absolute atomic E-state index is 1.15. The average molecular weight is 274 g/mol. The van der Waals surface area contributed by atoms with Crippen molar-refractivity contribution in [2.45, 2.75) is 32.2 Å². The first-order valence-corrected chi connectivity index (χ1v) is 6.97. The van der Waals surface area contributed by atoms with E-state index in [1.165, 1.54) is 48.1 Å². The molecule has 14 heavy (non-hydrogen) atoms. The quantitative estimate of drug-likeness (QED) is 0.791. The van der Waals surface area contributed by atoms with Gasteiger partial charge in [0.05, 0.1) is 0 Å². The second-order valence-corrected chi connectivity index (χ2v) is 5.83. The van der Waals surface area contributed by atoms with Crippen LogP contribution in [0.4, 0.5) is 0 Å². The molecule has 0 saturated carbocycles. The maximum absolute atomic E-state index is 3.50. The van der Waals surface area contributed by atoms with Crippen molar-refractivity contribution in [1.29, 1.82) is 0 Å². The fraction of sp³-hybridized carbons (Fsp3) is 0.636. The maximum atomic E-state index is 3.50. The molecular weight excluding hydrogens is 258 g/mol. The molecule has 0 atom stereocenters. The van der Waals surface area contributed by atoms with E-state index in [1.807, 2.05) is 11.3 Å². The third kappa shape index (κ3) is 3.07. The highest BCUT2D eigenvalue weighted by Gasteiger charge is 2.10. The molecule has 0 amide bonds. The van der Waals surface area contributed by atoms with Crippen molar-refractivity contribution in [3.8, 4) is 0 Å². The summed E-state index contributed by atoms with van der Waals surface area (Å²) in [6.45, 7) is 3.72. The van der Waals surface area contributed by atoms with Crippen LogP contribution >= 0.6 is 27.3 Å². The van der Waals surface area contributed by atoms with Crippen molar-refractivity contribution in [3.05, 3.63) is 20.8 Å². The van der Waals surface area contributed by atoms with Gasteiger partial charge in [-0.15, -0.1) is 11.3 Å². The Labute approximate surface area is 98.2 Å². The fourth-order valence-electron chi connectivity index (χ4n) is 1.95. The maximum Gasteiger partial charge on any atom is 0.0328 e. The molecule has 0 spiro atoms. The summed E-state index contributed by atoms with van der Waals surface area (Å²) in [6, 6.07) is 2.25. The third-order valence-corrected chi connectivity index (χ3v) is 4.38. The molecular formula is C11H16BrNS. The lowest BCUT2D eigenvalue weighted by Gasteiger charge is -2.18. The van der Waals surface area contributed by atoms with Crippen LogP contribution in [-0.2, 0) is 6.54 Å². The molecule has 1 nitrogen and oxygen atoms in total. The summed E-state index contributed by atoms with van der Waals surface area (Å²) >= 11 is 5.37. The van der Waals surface area contributed by atoms with Crippen LogP contribution < -0.4 is 0 Å². The van der Waals surface area contributed by atoms with Crippen molar-refractivity contribution in [2.24, 2.45) is 0 Å². The molecule has 78 valence electrons. The van der Waals surface area contributed by atoms with Crippen LogP contribution in [0.3, 0.4) is 0 Å². The van der Waals surface area contributed by atoms with Crippen LogP contribution in [0.25, 0.3) is 0 Å². The predicted molar refractivity (Wildman–Crippen MR) is 65.8 cm³/mol. The lowest BCUT2D eigenvalue weighted by atomic mass is 10.2. The highest BCUT2D eigenvalue weighted by Crippen LogP contribution is 2.22. The number of rotatable bonds is 2. The number of likely N-dealkylation sites (tertiary alicyclic amines) is 1. The molecule has 0 N–H and O–H groups in total. The lowest BCUT2D eigenvalue weighted by molar-refractivity contribution is 0.279. The van der Waals surface area contributed by atoms with E-state index in [1.54, 1.807) is 0 Å². The van der Waals surface area contributed by atoms with Gasteiger partial charge in [-0.25, -0.2) is 0 Å². The van der Waals surface area contributed by atoms with E-state index in [0.29, 0.717) is 0 Å². The molecule has 2 heterocycles. The molecule has 1 saturated heterocycles. The van der Waals surface area contributed by atoms with Gasteiger partial charge in [-0.05, 0) is 47.9 Å². The van der Waals surface area contributed by atoms with Crippen LogP contribution in [0.15, 0.2) is 15.9 Å². The molecule has 1 aromatic rings. The zero-order chi connectivity index (χ0) is 9.80. The van der Waals surface area contributed by atoms with Crippen LogP contribution in [-0.4, -0.2) is 18.0 Å². The highest BCUT2D eigenvalue weighted by atomic mass is 79.9. The average Bonchev–Trinajstić information content (AvgIpc) is 2.43. The summed E-state index contributed by atoms with van der Waals surface area (Å²) in [6.07, 6.45) is 5.61. The van der Waals surface area contributed by atoms with E-state index in [0.717, 1.165) is 6.54 Å². The summed E-state index contributed by atoms with van der Waals surface area (Å²) in [4.78, 5) is 4.07. The van der Waals surface area contributed by atoms with Gasteiger partial charge in [-0.3, -0.25) is 4.90 Å². The van der Waals surface area contributed by atoms with Gasteiger partial charge in [0.2, 0.25) is 0 Å². The minimum atomic E-state index is 1.15. The van der Waals surface area contributed by atoms with Crippen LogP contribution in [0.1, 0.15) is 30.6 Å². The molecule has 1 aromatic heterocycles. The number of thiophene rings is 1. The van der Waals surface area contributed by atoms with E-state index in [-0.39, 0.29) is 0 Å². The first-order valence-electron chi connectivity index (χ1n) is 5.30. The van der Waals surface area contributed by atoms with Gasteiger partial charge in [0.1, 0.15) is 0 Å². The monoisotopic (exact) mass is 273 g/mol. The zero-order valence-electron chi connectivity index (χ0n) is 8.34. The molecule has 2 rings (SSSR count). The van der Waals surface area contributed by atoms with Crippen molar-refractivity contribution < 1.29 is 0 Å².